The van der Waals surface area contributed by atoms with Gasteiger partial charge < -0.3 is 0 Å². The quantitative estimate of drug-likeness (QED) is 0.465. The van der Waals surface area contributed by atoms with Gasteiger partial charge in [0, 0.05) is 22.4 Å². The molecule has 0 N–H and O–H groups in total. The molecule has 45 valence electrons. The Morgan fingerprint density at radius 1 is 0.833 bits per heavy atom. The number of hydrogen-bond donors (Lipinski definition) is 0. The molecule has 1 radical (unpaired) electrons. The van der Waals surface area contributed by atoms with E-state index in [1.807, 2.05) is 0 Å². The molecule has 0 aliphatic rings. The van der Waals surface area contributed by atoms with E-state index < -0.39 is 7.26 Å². The van der Waals surface area contributed by atoms with Gasteiger partial charge in [0.25, 0.3) is 0 Å². The molecular formula is C4H13AuP. The van der Waals surface area contributed by atoms with E-state index in [4.69, 9.17) is 0 Å². The van der Waals surface area contributed by atoms with Crippen LogP contribution in [0.2, 0.25) is 0 Å². The zero-order valence-electron chi connectivity index (χ0n) is 4.80. The first-order valence-corrected chi connectivity index (χ1v) is 6.00. The minimum absolute atomic E-state index is 0. The van der Waals surface area contributed by atoms with E-state index >= 15 is 0 Å². The van der Waals surface area contributed by atoms with Gasteiger partial charge in [0.15, 0.2) is 0 Å². The van der Waals surface area contributed by atoms with Crippen molar-refractivity contribution in [3.63, 3.8) is 0 Å². The molecule has 0 amide bonds. The van der Waals surface area contributed by atoms with E-state index in [0.29, 0.717) is 0 Å². The maximum absolute atomic E-state index is 2.33. The molecule has 0 aromatic rings. The summed E-state index contributed by atoms with van der Waals surface area (Å²) in [6.45, 7) is 9.31. The van der Waals surface area contributed by atoms with Crippen molar-refractivity contribution in [2.24, 2.45) is 0 Å². The zero-order valence-corrected chi connectivity index (χ0v) is 7.97. The van der Waals surface area contributed by atoms with Gasteiger partial charge in [-0.2, -0.15) is 0 Å². The van der Waals surface area contributed by atoms with Gasteiger partial charge >= 0.3 is 33.9 Å². The van der Waals surface area contributed by atoms with Gasteiger partial charge in [-0.25, -0.2) is 0 Å². The van der Waals surface area contributed by atoms with Crippen LogP contribution in [0.15, 0.2) is 0 Å². The van der Waals surface area contributed by atoms with Crippen LogP contribution in [0.4, 0.5) is 0 Å². The molecule has 0 aliphatic heterocycles. The molecule has 0 unspecified atom stereocenters. The molecule has 0 heterocycles. The average molecular weight is 289 g/mol. The monoisotopic (exact) mass is 289 g/mol. The van der Waals surface area contributed by atoms with E-state index in [-0.39, 0.29) is 22.4 Å². The molecule has 2 heteroatoms. The summed E-state index contributed by atoms with van der Waals surface area (Å²) in [5.74, 6) is 0. The van der Waals surface area contributed by atoms with Gasteiger partial charge in [-0.15, -0.1) is 0 Å². The maximum Gasteiger partial charge on any atom is 0 e. The molecule has 6 heavy (non-hydrogen) atoms. The predicted octanol–water partition coefficient (Wildman–Crippen LogP) is 1.25. The second kappa shape index (κ2) is 3.21. The van der Waals surface area contributed by atoms with Gasteiger partial charge in [0.05, 0.1) is 0 Å². The first-order valence-electron chi connectivity index (χ1n) is 2.00. The van der Waals surface area contributed by atoms with Crippen molar-refractivity contribution in [3.05, 3.63) is 0 Å². The Kier molecular flexibility index (Phi) is 5.46. The van der Waals surface area contributed by atoms with E-state index in [0.717, 1.165) is 0 Å². The minimum atomic E-state index is -0.611. The number of rotatable bonds is 0. The zero-order chi connectivity index (χ0) is 4.50. The summed E-state index contributed by atoms with van der Waals surface area (Å²) in [6, 6.07) is 0. The summed E-state index contributed by atoms with van der Waals surface area (Å²) in [6.07, 6.45) is 0. The van der Waals surface area contributed by atoms with Gasteiger partial charge in [-0.05, 0) is 0 Å². The summed E-state index contributed by atoms with van der Waals surface area (Å²) in [5, 5.41) is 0. The predicted molar refractivity (Wildman–Crippen MR) is 32.0 cm³/mol. The van der Waals surface area contributed by atoms with E-state index in [2.05, 4.69) is 26.7 Å². The molecule has 0 aliphatic carbocycles. The van der Waals surface area contributed by atoms with Gasteiger partial charge in [-0.3, -0.25) is 0 Å². The van der Waals surface area contributed by atoms with Crippen molar-refractivity contribution in [2.45, 2.75) is 0 Å². The standard InChI is InChI=1S/C4H13P.Au/c1-5(2,3)4;/h5H,1-4H3;. The smallest absolute Gasteiger partial charge is 0 e. The van der Waals surface area contributed by atoms with Crippen LogP contribution in [-0.4, -0.2) is 26.7 Å². The van der Waals surface area contributed by atoms with Crippen LogP contribution >= 0.6 is 7.26 Å². The average Bonchev–Trinajstić information content (AvgIpc) is 0.722. The fourth-order valence-corrected chi connectivity index (χ4v) is 0. The normalized spacial score (nSPS) is 12.7. The van der Waals surface area contributed by atoms with E-state index in [9.17, 15) is 0 Å². The molecule has 0 atom stereocenters. The molecule has 0 rings (SSSR count). The largest absolute Gasteiger partial charge is 0 e. The topological polar surface area (TPSA) is 0 Å². The molecular weight excluding hydrogens is 276 g/mol. The summed E-state index contributed by atoms with van der Waals surface area (Å²) < 4.78 is 0. The number of hydrogen-bond acceptors (Lipinski definition) is 0. The SMILES string of the molecule is C[PH](C)(C)C.[Au]. The first-order chi connectivity index (χ1) is 2.00. The molecule has 0 saturated carbocycles. The van der Waals surface area contributed by atoms with Crippen LogP contribution in [-0.2, 0) is 22.4 Å². The summed E-state index contributed by atoms with van der Waals surface area (Å²) in [4.78, 5) is 0. The van der Waals surface area contributed by atoms with Crippen LogP contribution in [0.5, 0.6) is 0 Å². The van der Waals surface area contributed by atoms with Gasteiger partial charge in [0.2, 0.25) is 0 Å². The molecule has 0 bridgehead atoms. The summed E-state index contributed by atoms with van der Waals surface area (Å²) in [7, 11) is -0.611. The molecule has 0 aromatic carbocycles. The van der Waals surface area contributed by atoms with Crippen LogP contribution in [0.1, 0.15) is 0 Å². The Balaban J connectivity index is 0. The molecule has 0 spiro atoms. The van der Waals surface area contributed by atoms with Crippen LogP contribution in [0, 0.1) is 0 Å². The first kappa shape index (κ1) is 10.2. The Hall–Kier alpha value is 1.17. The van der Waals surface area contributed by atoms with Crippen molar-refractivity contribution in [1.29, 1.82) is 0 Å². The van der Waals surface area contributed by atoms with Crippen molar-refractivity contribution >= 4 is 7.26 Å². The van der Waals surface area contributed by atoms with E-state index in [1.165, 1.54) is 0 Å². The Morgan fingerprint density at radius 3 is 0.833 bits per heavy atom. The third-order valence-electron chi connectivity index (χ3n) is 0. The fraction of sp³-hybridized carbons (Fsp3) is 1.00. The van der Waals surface area contributed by atoms with Crippen molar-refractivity contribution in [2.75, 3.05) is 26.7 Å². The van der Waals surface area contributed by atoms with Crippen molar-refractivity contribution < 1.29 is 22.4 Å². The van der Waals surface area contributed by atoms with E-state index in [1.54, 1.807) is 0 Å². The minimum Gasteiger partial charge on any atom is 0 e. The third-order valence-corrected chi connectivity index (χ3v) is 0. The fourth-order valence-electron chi connectivity index (χ4n) is 0. The summed E-state index contributed by atoms with van der Waals surface area (Å²) in [5.41, 5.74) is 0. The molecule has 0 saturated heterocycles. The second-order valence-corrected chi connectivity index (χ2v) is 9.00. The molecule has 0 fully saturated rings. The Labute approximate surface area is 56.6 Å². The van der Waals surface area contributed by atoms with Crippen molar-refractivity contribution in [3.8, 4) is 0 Å². The van der Waals surface area contributed by atoms with Gasteiger partial charge in [-0.1, -0.05) is 0 Å². The Bertz CT molecular complexity index is 23.0. The molecule has 0 aromatic heterocycles. The third kappa shape index (κ3) is 65.7. The van der Waals surface area contributed by atoms with Gasteiger partial charge in [0.1, 0.15) is 0 Å². The van der Waals surface area contributed by atoms with Crippen LogP contribution < -0.4 is 0 Å². The molecule has 0 nitrogen and oxygen atoms in total. The van der Waals surface area contributed by atoms with Crippen molar-refractivity contribution in [1.82, 2.24) is 0 Å². The maximum atomic E-state index is 2.33. The second-order valence-electron chi connectivity index (χ2n) is 3.00. The Morgan fingerprint density at radius 2 is 0.833 bits per heavy atom. The van der Waals surface area contributed by atoms with Crippen LogP contribution in [0.3, 0.4) is 0 Å². The van der Waals surface area contributed by atoms with Crippen LogP contribution in [0.25, 0.3) is 0 Å². The summed E-state index contributed by atoms with van der Waals surface area (Å²) >= 11 is 0.